The van der Waals surface area contributed by atoms with E-state index in [0.717, 1.165) is 42.1 Å². The second kappa shape index (κ2) is 6.09. The van der Waals surface area contributed by atoms with Gasteiger partial charge < -0.3 is 10.3 Å². The van der Waals surface area contributed by atoms with Gasteiger partial charge in [-0.25, -0.2) is 0 Å². The highest BCUT2D eigenvalue weighted by atomic mass is 16.5. The number of primary amides is 1. The van der Waals surface area contributed by atoms with Crippen molar-refractivity contribution in [2.24, 2.45) is 5.73 Å². The Hall–Kier alpha value is -2.66. The van der Waals surface area contributed by atoms with E-state index in [-0.39, 0.29) is 5.91 Å². The third-order valence-electron chi connectivity index (χ3n) is 4.63. The molecular formula is C19H19N3O2. The van der Waals surface area contributed by atoms with E-state index >= 15 is 0 Å². The monoisotopic (exact) mass is 321 g/mol. The van der Waals surface area contributed by atoms with Crippen LogP contribution in [0.2, 0.25) is 0 Å². The van der Waals surface area contributed by atoms with Gasteiger partial charge >= 0.3 is 0 Å². The third-order valence-corrected chi connectivity index (χ3v) is 4.63. The molecule has 1 aromatic heterocycles. The molecule has 5 heteroatoms. The Kier molecular flexibility index (Phi) is 3.78. The average molecular weight is 321 g/mol. The van der Waals surface area contributed by atoms with E-state index in [9.17, 15) is 4.79 Å². The van der Waals surface area contributed by atoms with Crippen molar-refractivity contribution < 1.29 is 9.32 Å². The van der Waals surface area contributed by atoms with E-state index in [1.807, 2.05) is 18.2 Å². The van der Waals surface area contributed by atoms with E-state index in [1.54, 1.807) is 0 Å². The number of carbonyl (C=O) groups is 1. The summed E-state index contributed by atoms with van der Waals surface area (Å²) in [6.07, 6.45) is 1.19. The topological polar surface area (TPSA) is 72.4 Å². The first-order chi connectivity index (χ1) is 11.7. The molecule has 3 aromatic rings. The van der Waals surface area contributed by atoms with Gasteiger partial charge in [-0.1, -0.05) is 47.6 Å². The van der Waals surface area contributed by atoms with Crippen LogP contribution in [-0.2, 0) is 17.8 Å². The minimum absolute atomic E-state index is 0.264. The van der Waals surface area contributed by atoms with Gasteiger partial charge in [0.1, 0.15) is 11.5 Å². The largest absolute Gasteiger partial charge is 0.370 e. The summed E-state index contributed by atoms with van der Waals surface area (Å²) in [6, 6.07) is 14.5. The highest BCUT2D eigenvalue weighted by Gasteiger charge is 2.25. The van der Waals surface area contributed by atoms with Crippen molar-refractivity contribution in [1.82, 2.24) is 10.1 Å². The molecule has 1 aliphatic heterocycles. The lowest BCUT2D eigenvalue weighted by Gasteiger charge is -2.25. The molecule has 0 aliphatic carbocycles. The van der Waals surface area contributed by atoms with Gasteiger partial charge in [0.15, 0.2) is 0 Å². The molecule has 0 radical (unpaired) electrons. The molecule has 24 heavy (non-hydrogen) atoms. The van der Waals surface area contributed by atoms with Crippen LogP contribution in [0.5, 0.6) is 0 Å². The highest BCUT2D eigenvalue weighted by Crippen LogP contribution is 2.34. The fourth-order valence-electron chi connectivity index (χ4n) is 3.37. The Labute approximate surface area is 140 Å². The molecule has 0 saturated heterocycles. The summed E-state index contributed by atoms with van der Waals surface area (Å²) in [5.41, 5.74) is 8.40. The van der Waals surface area contributed by atoms with Gasteiger partial charge in [0.05, 0.1) is 0 Å². The predicted octanol–water partition coefficient (Wildman–Crippen LogP) is 2.73. The van der Waals surface area contributed by atoms with E-state index < -0.39 is 0 Å². The van der Waals surface area contributed by atoms with Crippen LogP contribution in [-0.4, -0.2) is 29.1 Å². The summed E-state index contributed by atoms with van der Waals surface area (Å²) < 4.78 is 5.60. The van der Waals surface area contributed by atoms with Crippen molar-refractivity contribution in [3.8, 4) is 11.3 Å². The normalized spacial score (nSPS) is 14.7. The summed E-state index contributed by atoms with van der Waals surface area (Å²) >= 11 is 0. The van der Waals surface area contributed by atoms with Gasteiger partial charge in [-0.15, -0.1) is 0 Å². The lowest BCUT2D eigenvalue weighted by molar-refractivity contribution is -0.118. The quantitative estimate of drug-likeness (QED) is 0.802. The zero-order valence-corrected chi connectivity index (χ0v) is 13.4. The zero-order chi connectivity index (χ0) is 16.5. The third kappa shape index (κ3) is 2.67. The van der Waals surface area contributed by atoms with Crippen molar-refractivity contribution in [1.29, 1.82) is 0 Å². The number of nitrogens with two attached hydrogens (primary N) is 1. The second-order valence-electron chi connectivity index (χ2n) is 6.20. The van der Waals surface area contributed by atoms with Crippen LogP contribution in [0.3, 0.4) is 0 Å². The lowest BCUT2D eigenvalue weighted by atomic mass is 9.97. The molecule has 2 N–H and O–H groups in total. The molecular weight excluding hydrogens is 302 g/mol. The lowest BCUT2D eigenvalue weighted by Crippen LogP contribution is -2.33. The van der Waals surface area contributed by atoms with Crippen molar-refractivity contribution in [2.45, 2.75) is 19.4 Å². The number of benzene rings is 2. The SMILES string of the molecule is NC(=O)CCN1CCc2onc(-c3cccc4ccccc34)c2C1. The van der Waals surface area contributed by atoms with Gasteiger partial charge in [0, 0.05) is 43.6 Å². The number of hydrogen-bond acceptors (Lipinski definition) is 4. The molecule has 1 aliphatic rings. The molecule has 5 nitrogen and oxygen atoms in total. The van der Waals surface area contributed by atoms with E-state index in [0.29, 0.717) is 13.0 Å². The van der Waals surface area contributed by atoms with Crippen LogP contribution in [0, 0.1) is 0 Å². The summed E-state index contributed by atoms with van der Waals surface area (Å²) in [7, 11) is 0. The van der Waals surface area contributed by atoms with Gasteiger partial charge in [-0.2, -0.15) is 0 Å². The molecule has 1 amide bonds. The summed E-state index contributed by atoms with van der Waals surface area (Å²) in [4.78, 5) is 13.3. The van der Waals surface area contributed by atoms with Gasteiger partial charge in [-0.3, -0.25) is 9.69 Å². The summed E-state index contributed by atoms with van der Waals surface area (Å²) in [5.74, 6) is 0.689. The van der Waals surface area contributed by atoms with Gasteiger partial charge in [0.25, 0.3) is 0 Å². The van der Waals surface area contributed by atoms with Gasteiger partial charge in [-0.05, 0) is 10.8 Å². The molecule has 4 rings (SSSR count). The second-order valence-corrected chi connectivity index (χ2v) is 6.20. The average Bonchev–Trinajstić information content (AvgIpc) is 3.02. The first-order valence-corrected chi connectivity index (χ1v) is 8.18. The molecule has 2 heterocycles. The van der Waals surface area contributed by atoms with Crippen LogP contribution in [0.4, 0.5) is 0 Å². The number of nitrogens with zero attached hydrogens (tertiary/aromatic N) is 2. The van der Waals surface area contributed by atoms with E-state index in [2.05, 4.69) is 34.3 Å². The van der Waals surface area contributed by atoms with Crippen molar-refractivity contribution in [2.75, 3.05) is 13.1 Å². The number of fused-ring (bicyclic) bond motifs is 2. The molecule has 0 spiro atoms. The molecule has 0 fully saturated rings. The highest BCUT2D eigenvalue weighted by molar-refractivity contribution is 5.96. The molecule has 0 unspecified atom stereocenters. The first kappa shape index (κ1) is 14.9. The smallest absolute Gasteiger partial charge is 0.218 e. The number of amides is 1. The minimum atomic E-state index is -0.264. The zero-order valence-electron chi connectivity index (χ0n) is 13.4. The van der Waals surface area contributed by atoms with Crippen LogP contribution in [0.1, 0.15) is 17.7 Å². The maximum Gasteiger partial charge on any atom is 0.218 e. The summed E-state index contributed by atoms with van der Waals surface area (Å²) in [6.45, 7) is 2.28. The molecule has 0 atom stereocenters. The molecule has 122 valence electrons. The molecule has 0 saturated carbocycles. The number of hydrogen-bond donors (Lipinski definition) is 1. The fraction of sp³-hybridized carbons (Fsp3) is 0.263. The number of aromatic nitrogens is 1. The Morgan fingerprint density at radius 2 is 2.04 bits per heavy atom. The van der Waals surface area contributed by atoms with Crippen LogP contribution < -0.4 is 5.73 Å². The van der Waals surface area contributed by atoms with Crippen LogP contribution >= 0.6 is 0 Å². The Bertz CT molecular complexity index is 895. The Balaban J connectivity index is 1.71. The van der Waals surface area contributed by atoms with Gasteiger partial charge in [0.2, 0.25) is 5.91 Å². The standard InChI is InChI=1S/C19H19N3O2/c20-18(23)9-11-22-10-8-17-16(12-22)19(21-24-17)15-7-3-5-13-4-1-2-6-14(13)15/h1-7H,8-12H2,(H2,20,23). The maximum absolute atomic E-state index is 11.0. The van der Waals surface area contributed by atoms with Crippen molar-refractivity contribution >= 4 is 16.7 Å². The minimum Gasteiger partial charge on any atom is -0.370 e. The van der Waals surface area contributed by atoms with E-state index in [4.69, 9.17) is 10.3 Å². The molecule has 0 bridgehead atoms. The van der Waals surface area contributed by atoms with Crippen LogP contribution in [0.15, 0.2) is 47.0 Å². The van der Waals surface area contributed by atoms with Crippen LogP contribution in [0.25, 0.3) is 22.0 Å². The predicted molar refractivity (Wildman–Crippen MR) is 92.2 cm³/mol. The number of rotatable bonds is 4. The van der Waals surface area contributed by atoms with Crippen molar-refractivity contribution in [3.63, 3.8) is 0 Å². The van der Waals surface area contributed by atoms with E-state index in [1.165, 1.54) is 10.8 Å². The maximum atomic E-state index is 11.0. The summed E-state index contributed by atoms with van der Waals surface area (Å²) in [5, 5.41) is 6.71. The fourth-order valence-corrected chi connectivity index (χ4v) is 3.37. The van der Waals surface area contributed by atoms with Crippen molar-refractivity contribution in [3.05, 3.63) is 53.8 Å². The first-order valence-electron chi connectivity index (χ1n) is 8.18. The molecule has 2 aromatic carbocycles. The Morgan fingerprint density at radius 3 is 2.92 bits per heavy atom. The Morgan fingerprint density at radius 1 is 1.21 bits per heavy atom. The number of carbonyl (C=O) groups excluding carboxylic acids is 1.